The van der Waals surface area contributed by atoms with Crippen molar-refractivity contribution in [3.05, 3.63) is 109 Å². The van der Waals surface area contributed by atoms with Crippen molar-refractivity contribution < 1.29 is 78.8 Å². The van der Waals surface area contributed by atoms with Gasteiger partial charge in [0.2, 0.25) is 0 Å². The van der Waals surface area contributed by atoms with Crippen LogP contribution in [0.1, 0.15) is 101 Å². The SMILES string of the molecule is C.CCN(C(C)C)C(C)C.C[C@@H]1OCC2(CCN(c3ncc(Br)c4occc34)CC2)[C@@H]1N.C[C@@H]1OCC2(CCN(c3ncc(Sc4ccnc(N)c4Cl)c4occc34)CC2)[C@@H]1N.C[C@@H]1OCC2(CCNCC2)[C@@H]1N.Clc1ncc(Br)c2occc12.[K+].[S-]c1ccnc(Cl)c1Cl. The van der Waals surface area contributed by atoms with Crippen molar-refractivity contribution >= 4 is 153 Å². The third-order valence-electron chi connectivity index (χ3n) is 19.1. The quantitative estimate of drug-likeness (QED) is 0.0564. The van der Waals surface area contributed by atoms with Gasteiger partial charge >= 0.3 is 51.4 Å². The van der Waals surface area contributed by atoms with Crippen molar-refractivity contribution in [1.82, 2.24) is 35.1 Å². The molecule has 14 rings (SSSR count). The van der Waals surface area contributed by atoms with Gasteiger partial charge in [0.1, 0.15) is 27.8 Å². The third-order valence-corrected chi connectivity index (χ3v) is 23.3. The number of hydrogen-bond acceptors (Lipinski definition) is 21. The van der Waals surface area contributed by atoms with Crippen molar-refractivity contribution in [2.75, 3.05) is 81.2 Å². The average molecular weight is 1580 g/mol. The van der Waals surface area contributed by atoms with Crippen LogP contribution in [0, 0.1) is 16.2 Å². The van der Waals surface area contributed by atoms with Crippen LogP contribution in [0.3, 0.4) is 0 Å². The van der Waals surface area contributed by atoms with E-state index in [0.29, 0.717) is 43.4 Å². The van der Waals surface area contributed by atoms with Crippen LogP contribution in [0.5, 0.6) is 0 Å². The minimum absolute atomic E-state index is 0. The predicted molar refractivity (Wildman–Crippen MR) is 392 cm³/mol. The topological polar surface area (TPSA) is 257 Å². The summed E-state index contributed by atoms with van der Waals surface area (Å²) in [7, 11) is 0. The minimum atomic E-state index is 0. The van der Waals surface area contributed by atoms with Crippen LogP contribution < -0.4 is 89.4 Å². The van der Waals surface area contributed by atoms with Crippen molar-refractivity contribution in [3.8, 4) is 0 Å². The van der Waals surface area contributed by atoms with E-state index in [1.54, 1.807) is 43.3 Å². The maximum atomic E-state index is 6.46. The van der Waals surface area contributed by atoms with Crippen molar-refractivity contribution in [1.29, 1.82) is 0 Å². The molecule has 0 radical (unpaired) electrons. The third kappa shape index (κ3) is 18.7. The maximum Gasteiger partial charge on any atom is 1.00 e. The molecule has 514 valence electrons. The van der Waals surface area contributed by atoms with Gasteiger partial charge in [-0.25, -0.2) is 24.9 Å². The van der Waals surface area contributed by atoms with Crippen LogP contribution >= 0.6 is 90.0 Å². The predicted octanol–water partition coefficient (Wildman–Crippen LogP) is 12.3. The van der Waals surface area contributed by atoms with E-state index in [-0.39, 0.29) is 111 Å². The first-order valence-corrected chi connectivity index (χ1v) is 35.9. The van der Waals surface area contributed by atoms with Crippen molar-refractivity contribution in [2.24, 2.45) is 33.4 Å². The molecular formula is C67H90Br2Cl4KN13O6S2. The number of nitrogen functional groups attached to an aromatic ring is 1. The van der Waals surface area contributed by atoms with Gasteiger partial charge < -0.3 is 78.1 Å². The summed E-state index contributed by atoms with van der Waals surface area (Å²) in [6.07, 6.45) is 20.5. The Morgan fingerprint density at radius 1 is 0.600 bits per heavy atom. The molecule has 8 aromatic heterocycles. The van der Waals surface area contributed by atoms with Crippen LogP contribution in [-0.2, 0) is 26.8 Å². The standard InChI is InChI=1S/C21H24ClN5O2S.C16H20BrN3O2.C9H18N2O.C8H19N.C7H3BrClNO.C5H3Cl2NS.CH4.K/c1-12-18(23)21(11-29-12)4-7-27(8-5-21)20-13-3-9-28-17(13)15(10-26-20)30-14-2-6-25-19(24)16(14)22;1-10-14(18)16(9-22-10)3-5-20(6-4-16)15-11-2-7-21-13(11)12(17)8-19-15;1-7-8(10)9(6-12-7)2-4-11-5-3-9;1-6-9(7(2)3)8(4)5;8-5-3-10-7(9)4-1-2-11-6(4)5;6-4-3(9)1-2-8-5(4)7;;/h2-3,6,9-10,12,18H,4-5,7-8,11,23H2,1H3,(H2,24,25);2,7-8,10,14H,3-6,9,18H2,1H3;7-8,11H,2-6,10H2,1H3;7-8H,6H2,1-5H3;1-3H;1-2H,(H,8,9);1H4;/q;;;;;;;+1/p-1/t12-,18+;10-,14+;7-,8+;;;;;/m000...../s1. The summed E-state index contributed by atoms with van der Waals surface area (Å²) in [6.45, 7) is 26.9. The van der Waals surface area contributed by atoms with E-state index in [4.69, 9.17) is 114 Å². The van der Waals surface area contributed by atoms with Gasteiger partial charge in [-0.05, 0) is 163 Å². The van der Waals surface area contributed by atoms with E-state index >= 15 is 0 Å². The molecule has 0 saturated carbocycles. The Morgan fingerprint density at radius 2 is 1.03 bits per heavy atom. The smallest absolute Gasteiger partial charge is 0.778 e. The Labute approximate surface area is 648 Å². The number of nitrogens with one attached hydrogen (secondary N) is 1. The molecule has 6 aliphatic rings. The number of rotatable bonds is 7. The summed E-state index contributed by atoms with van der Waals surface area (Å²) in [4.78, 5) is 30.4. The molecule has 6 fully saturated rings. The van der Waals surface area contributed by atoms with E-state index in [0.717, 1.165) is 155 Å². The zero-order valence-corrected chi connectivity index (χ0v) is 65.8. The van der Waals surface area contributed by atoms with Crippen LogP contribution in [-0.4, -0.2) is 144 Å². The van der Waals surface area contributed by atoms with Gasteiger partial charge in [0, 0.05) is 109 Å². The van der Waals surface area contributed by atoms with Gasteiger partial charge in [-0.1, -0.05) is 78.6 Å². The van der Waals surface area contributed by atoms with Gasteiger partial charge in [-0.2, -0.15) is 4.90 Å². The van der Waals surface area contributed by atoms with Gasteiger partial charge in [0.25, 0.3) is 0 Å². The Balaban J connectivity index is 0.000000172. The van der Waals surface area contributed by atoms with Crippen LogP contribution in [0.4, 0.5) is 17.5 Å². The number of aromatic nitrogens is 5. The fourth-order valence-electron chi connectivity index (χ4n) is 13.4. The van der Waals surface area contributed by atoms with Crippen molar-refractivity contribution in [2.45, 2.75) is 165 Å². The number of ether oxygens (including phenoxy) is 3. The largest absolute Gasteiger partial charge is 1.00 e. The first-order chi connectivity index (χ1) is 44.4. The molecule has 9 N–H and O–H groups in total. The first-order valence-electron chi connectivity index (χ1n) is 31.6. The number of nitrogens with zero attached hydrogens (tertiary/aromatic N) is 8. The number of hydrogen-bond donors (Lipinski definition) is 5. The van der Waals surface area contributed by atoms with Crippen LogP contribution in [0.25, 0.3) is 32.9 Å². The molecule has 0 unspecified atom stereocenters. The molecule has 0 bridgehead atoms. The molecular weight excluding hydrogens is 1490 g/mol. The van der Waals surface area contributed by atoms with Crippen molar-refractivity contribution in [3.63, 3.8) is 0 Å². The molecule has 0 amide bonds. The molecule has 3 spiro atoms. The molecule has 14 heterocycles. The van der Waals surface area contributed by atoms with Gasteiger partial charge in [-0.15, -0.1) is 0 Å². The monoisotopic (exact) mass is 1570 g/mol. The first kappa shape index (κ1) is 80.1. The second kappa shape index (κ2) is 36.1. The van der Waals surface area contributed by atoms with Crippen LogP contribution in [0.15, 0.2) is 117 Å². The zero-order valence-electron chi connectivity index (χ0n) is 54.9. The normalized spacial score (nSPS) is 22.3. The Kier molecular flexibility index (Phi) is 30.4. The number of pyridine rings is 5. The average Bonchev–Trinajstić information content (AvgIpc) is 1.71. The van der Waals surface area contributed by atoms with Crippen LogP contribution in [0.2, 0.25) is 20.4 Å². The second-order valence-electron chi connectivity index (χ2n) is 25.2. The number of nitrogens with two attached hydrogens (primary N) is 4. The van der Waals surface area contributed by atoms with Gasteiger partial charge in [-0.3, -0.25) is 4.90 Å². The summed E-state index contributed by atoms with van der Waals surface area (Å²) in [6, 6.07) is 11.1. The summed E-state index contributed by atoms with van der Waals surface area (Å²) in [5.74, 6) is 2.26. The summed E-state index contributed by atoms with van der Waals surface area (Å²) in [5.41, 5.74) is 27.7. The Hall–Kier alpha value is -2.22. The minimum Gasteiger partial charge on any atom is -0.778 e. The fraction of sp³-hybridized carbons (Fsp3) is 0.537. The maximum absolute atomic E-state index is 6.46. The zero-order chi connectivity index (χ0) is 66.9. The number of anilines is 3. The van der Waals surface area contributed by atoms with Gasteiger partial charge in [0.05, 0.1) is 97.0 Å². The number of fused-ring (bicyclic) bond motifs is 3. The fourth-order valence-corrected chi connectivity index (χ4v) is 16.0. The molecule has 95 heavy (non-hydrogen) atoms. The summed E-state index contributed by atoms with van der Waals surface area (Å²) >= 11 is 36.2. The molecule has 6 saturated heterocycles. The molecule has 0 aromatic carbocycles. The molecule has 8 aromatic rings. The summed E-state index contributed by atoms with van der Waals surface area (Å²) in [5, 5.41) is 7.78. The Bertz CT molecular complexity index is 3670. The second-order valence-corrected chi connectivity index (χ2v) is 29.9. The molecule has 6 atom stereocenters. The molecule has 0 aliphatic carbocycles. The van der Waals surface area contributed by atoms with E-state index in [1.165, 1.54) is 30.8 Å². The van der Waals surface area contributed by atoms with E-state index in [2.05, 4.69) is 127 Å². The number of piperidine rings is 3. The van der Waals surface area contributed by atoms with E-state index < -0.39 is 0 Å². The van der Waals surface area contributed by atoms with E-state index in [9.17, 15) is 0 Å². The van der Waals surface area contributed by atoms with E-state index in [1.807, 2.05) is 30.6 Å². The molecule has 19 nitrogen and oxygen atoms in total. The molecule has 28 heteroatoms. The van der Waals surface area contributed by atoms with Gasteiger partial charge in [0.15, 0.2) is 16.7 Å². The summed E-state index contributed by atoms with van der Waals surface area (Å²) < 4.78 is 35.5. The molecule has 6 aliphatic heterocycles. The number of halogens is 6. The Morgan fingerprint density at radius 3 is 1.46 bits per heavy atom. The number of furan rings is 3.